The van der Waals surface area contributed by atoms with Crippen LogP contribution in [0.4, 0.5) is 0 Å². The van der Waals surface area contributed by atoms with Crippen LogP contribution in [0.25, 0.3) is 11.2 Å². The van der Waals surface area contributed by atoms with E-state index in [1.165, 1.54) is 11.3 Å². The number of hydrogen-bond donors (Lipinski definition) is 1. The summed E-state index contributed by atoms with van der Waals surface area (Å²) >= 11 is 1.38. The van der Waals surface area contributed by atoms with E-state index < -0.39 is 0 Å². The number of rotatable bonds is 3. The smallest absolute Gasteiger partial charge is 0.264 e. The molecule has 0 aliphatic carbocycles. The molecule has 1 aliphatic heterocycles. The number of fused-ring (bicyclic) bond motifs is 1. The monoisotopic (exact) mass is 343 g/mol. The highest BCUT2D eigenvalue weighted by molar-refractivity contribution is 7.15. The van der Waals surface area contributed by atoms with Gasteiger partial charge in [0.25, 0.3) is 5.91 Å². The molecule has 1 N–H and O–H groups in total. The number of carbonyl (C=O) groups excluding carboxylic acids is 1. The quantitative estimate of drug-likeness (QED) is 0.790. The van der Waals surface area contributed by atoms with Crippen LogP contribution in [-0.4, -0.2) is 51.2 Å². The summed E-state index contributed by atoms with van der Waals surface area (Å²) < 4.78 is 5.18. The number of aromatic nitrogens is 4. The number of carbonyl (C=O) groups is 1. The second-order valence-corrected chi connectivity index (χ2v) is 6.83. The van der Waals surface area contributed by atoms with Gasteiger partial charge in [-0.05, 0) is 25.0 Å². The Balaban J connectivity index is 1.56. The Labute approximate surface area is 142 Å². The van der Waals surface area contributed by atoms with Crippen molar-refractivity contribution in [3.8, 4) is 5.06 Å². The maximum Gasteiger partial charge on any atom is 0.264 e. The number of nitrogens with one attached hydrogen (secondary N) is 1. The van der Waals surface area contributed by atoms with Gasteiger partial charge < -0.3 is 9.64 Å². The van der Waals surface area contributed by atoms with Gasteiger partial charge in [0.1, 0.15) is 5.52 Å². The van der Waals surface area contributed by atoms with Crippen molar-refractivity contribution in [2.24, 2.45) is 0 Å². The number of likely N-dealkylation sites (tertiary alicyclic amines) is 1. The van der Waals surface area contributed by atoms with Crippen molar-refractivity contribution in [1.29, 1.82) is 0 Å². The number of thiophene rings is 1. The largest absolute Gasteiger partial charge is 0.487 e. The molecule has 1 saturated heterocycles. The fraction of sp³-hybridized carbons (Fsp3) is 0.375. The molecule has 124 valence electrons. The summed E-state index contributed by atoms with van der Waals surface area (Å²) in [6.07, 6.45) is 5.27. The summed E-state index contributed by atoms with van der Waals surface area (Å²) in [5.74, 6) is 0.258. The first-order valence-electron chi connectivity index (χ1n) is 7.84. The zero-order valence-electron chi connectivity index (χ0n) is 13.2. The van der Waals surface area contributed by atoms with Crippen molar-refractivity contribution in [2.45, 2.75) is 18.8 Å². The van der Waals surface area contributed by atoms with Gasteiger partial charge in [0.2, 0.25) is 0 Å². The third-order valence-corrected chi connectivity index (χ3v) is 5.36. The average Bonchev–Trinajstić information content (AvgIpc) is 3.28. The Morgan fingerprint density at radius 2 is 2.25 bits per heavy atom. The van der Waals surface area contributed by atoms with Gasteiger partial charge in [0.05, 0.1) is 17.7 Å². The fourth-order valence-corrected chi connectivity index (χ4v) is 3.94. The van der Waals surface area contributed by atoms with E-state index >= 15 is 0 Å². The van der Waals surface area contributed by atoms with E-state index in [9.17, 15) is 4.79 Å². The molecule has 3 aromatic heterocycles. The third kappa shape index (κ3) is 2.62. The Morgan fingerprint density at radius 1 is 1.38 bits per heavy atom. The minimum absolute atomic E-state index is 0.0582. The molecule has 1 unspecified atom stereocenters. The van der Waals surface area contributed by atoms with Crippen LogP contribution < -0.4 is 4.74 Å². The van der Waals surface area contributed by atoms with Crippen molar-refractivity contribution < 1.29 is 9.53 Å². The summed E-state index contributed by atoms with van der Waals surface area (Å²) in [5, 5.41) is 8.04. The van der Waals surface area contributed by atoms with Gasteiger partial charge in [-0.3, -0.25) is 9.89 Å². The van der Waals surface area contributed by atoms with Gasteiger partial charge in [0, 0.05) is 31.4 Å². The molecule has 1 atom stereocenters. The molecule has 1 amide bonds. The number of aromatic amines is 1. The Morgan fingerprint density at radius 3 is 3.08 bits per heavy atom. The predicted octanol–water partition coefficient (Wildman–Crippen LogP) is 2.44. The maximum absolute atomic E-state index is 12.7. The van der Waals surface area contributed by atoms with Gasteiger partial charge >= 0.3 is 0 Å². The van der Waals surface area contributed by atoms with Crippen molar-refractivity contribution in [3.63, 3.8) is 0 Å². The van der Waals surface area contributed by atoms with Crippen LogP contribution >= 0.6 is 11.3 Å². The lowest BCUT2D eigenvalue weighted by atomic mass is 9.94. The fourth-order valence-electron chi connectivity index (χ4n) is 3.15. The topological polar surface area (TPSA) is 84.0 Å². The number of nitrogens with zero attached hydrogens (tertiary/aromatic N) is 4. The Kier molecular flexibility index (Phi) is 3.89. The van der Waals surface area contributed by atoms with Crippen LogP contribution in [-0.2, 0) is 0 Å². The summed E-state index contributed by atoms with van der Waals surface area (Å²) in [7, 11) is 1.61. The second-order valence-electron chi connectivity index (χ2n) is 5.78. The van der Waals surface area contributed by atoms with Crippen LogP contribution in [0.1, 0.15) is 34.1 Å². The van der Waals surface area contributed by atoms with Crippen LogP contribution in [0.3, 0.4) is 0 Å². The highest BCUT2D eigenvalue weighted by Crippen LogP contribution is 2.31. The van der Waals surface area contributed by atoms with Crippen molar-refractivity contribution in [2.75, 3.05) is 20.2 Å². The molecular formula is C16H17N5O2S. The minimum Gasteiger partial charge on any atom is -0.487 e. The van der Waals surface area contributed by atoms with Crippen LogP contribution in [0.2, 0.25) is 0 Å². The molecule has 1 aliphatic rings. The van der Waals surface area contributed by atoms with Crippen molar-refractivity contribution >= 4 is 28.4 Å². The lowest BCUT2D eigenvalue weighted by molar-refractivity contribution is 0.0711. The number of ether oxygens (including phenoxy) is 1. The first-order chi connectivity index (χ1) is 11.8. The van der Waals surface area contributed by atoms with Gasteiger partial charge in [0.15, 0.2) is 10.7 Å². The zero-order chi connectivity index (χ0) is 16.5. The van der Waals surface area contributed by atoms with E-state index in [4.69, 9.17) is 4.74 Å². The van der Waals surface area contributed by atoms with E-state index in [0.29, 0.717) is 17.1 Å². The number of amides is 1. The number of piperidine rings is 1. The molecule has 8 heteroatoms. The van der Waals surface area contributed by atoms with Crippen molar-refractivity contribution in [3.05, 3.63) is 35.1 Å². The first kappa shape index (κ1) is 15.1. The molecule has 3 aromatic rings. The summed E-state index contributed by atoms with van der Waals surface area (Å²) in [5.41, 5.74) is 2.40. The predicted molar refractivity (Wildman–Crippen MR) is 90.4 cm³/mol. The van der Waals surface area contributed by atoms with Crippen LogP contribution in [0.5, 0.6) is 5.06 Å². The molecule has 1 fully saturated rings. The molecule has 0 spiro atoms. The van der Waals surface area contributed by atoms with E-state index in [2.05, 4.69) is 20.2 Å². The Hall–Kier alpha value is -2.48. The minimum atomic E-state index is 0.0582. The standard InChI is InChI=1S/C16H17N5O2S/c1-23-12-5-4-11(24-12)16(22)21-8-2-3-10(9-21)13-14-15(20-19-13)18-7-6-17-14/h4-7,10H,2-3,8-9H2,1H3,(H,18,19,20). The molecule has 4 heterocycles. The van der Waals surface area contributed by atoms with Gasteiger partial charge in [-0.1, -0.05) is 11.3 Å². The molecule has 24 heavy (non-hydrogen) atoms. The molecule has 7 nitrogen and oxygen atoms in total. The maximum atomic E-state index is 12.7. The van der Waals surface area contributed by atoms with E-state index in [0.717, 1.165) is 35.7 Å². The van der Waals surface area contributed by atoms with Crippen molar-refractivity contribution in [1.82, 2.24) is 25.1 Å². The Bertz CT molecular complexity index is 874. The summed E-state index contributed by atoms with van der Waals surface area (Å²) in [6, 6.07) is 3.66. The van der Waals surface area contributed by atoms with Gasteiger partial charge in [-0.15, -0.1) is 0 Å². The molecular weight excluding hydrogens is 326 g/mol. The third-order valence-electron chi connectivity index (χ3n) is 4.33. The highest BCUT2D eigenvalue weighted by atomic mass is 32.1. The van der Waals surface area contributed by atoms with Gasteiger partial charge in [-0.2, -0.15) is 5.10 Å². The van der Waals surface area contributed by atoms with Crippen LogP contribution in [0.15, 0.2) is 24.5 Å². The molecule has 0 saturated carbocycles. The van der Waals surface area contributed by atoms with Gasteiger partial charge in [-0.25, -0.2) is 9.97 Å². The first-order valence-corrected chi connectivity index (χ1v) is 8.66. The lowest BCUT2D eigenvalue weighted by Crippen LogP contribution is -2.38. The van der Waals surface area contributed by atoms with E-state index in [1.54, 1.807) is 19.5 Å². The summed E-state index contributed by atoms with van der Waals surface area (Å²) in [4.78, 5) is 23.9. The normalized spacial score (nSPS) is 18.0. The SMILES string of the molecule is COc1ccc(C(=O)N2CCCC(c3[nH]nc4nccnc34)C2)s1. The van der Waals surface area contributed by atoms with E-state index in [-0.39, 0.29) is 11.8 Å². The lowest BCUT2D eigenvalue weighted by Gasteiger charge is -2.32. The zero-order valence-corrected chi connectivity index (χ0v) is 14.0. The number of methoxy groups -OCH3 is 1. The van der Waals surface area contributed by atoms with E-state index in [1.807, 2.05) is 17.0 Å². The number of H-pyrrole nitrogens is 1. The molecule has 0 bridgehead atoms. The summed E-state index contributed by atoms with van der Waals surface area (Å²) in [6.45, 7) is 1.43. The molecule has 0 radical (unpaired) electrons. The number of hydrogen-bond acceptors (Lipinski definition) is 6. The highest BCUT2D eigenvalue weighted by Gasteiger charge is 2.29. The average molecular weight is 343 g/mol. The second kappa shape index (κ2) is 6.20. The van der Waals surface area contributed by atoms with Crippen LogP contribution in [0, 0.1) is 0 Å². The molecule has 4 rings (SSSR count). The molecule has 0 aromatic carbocycles.